The Kier molecular flexibility index (Phi) is 4.27. The maximum Gasteiger partial charge on any atom is 0.259 e. The molecule has 116 valence electrons. The van der Waals surface area contributed by atoms with Crippen LogP contribution in [0.4, 0.5) is 0 Å². The molecule has 0 spiro atoms. The Morgan fingerprint density at radius 1 is 1.41 bits per heavy atom. The third-order valence-electron chi connectivity index (χ3n) is 3.86. The van der Waals surface area contributed by atoms with Crippen LogP contribution in [-0.4, -0.2) is 39.0 Å². The summed E-state index contributed by atoms with van der Waals surface area (Å²) >= 11 is 11.9. The number of phenols is 1. The van der Waals surface area contributed by atoms with Crippen molar-refractivity contribution in [2.75, 3.05) is 13.1 Å². The lowest BCUT2D eigenvalue weighted by molar-refractivity contribution is 0.0702. The second kappa shape index (κ2) is 6.18. The number of halogens is 2. The van der Waals surface area contributed by atoms with Gasteiger partial charge in [0, 0.05) is 36.4 Å². The molecule has 1 saturated heterocycles. The van der Waals surface area contributed by atoms with Crippen molar-refractivity contribution in [1.82, 2.24) is 14.9 Å². The largest absolute Gasteiger partial charge is 0.507 e. The number of hydrogen-bond acceptors (Lipinski definition) is 3. The Labute approximate surface area is 137 Å². The number of nitrogens with zero attached hydrogens (tertiary/aromatic N) is 2. The van der Waals surface area contributed by atoms with Gasteiger partial charge in [0.2, 0.25) is 0 Å². The first-order chi connectivity index (χ1) is 10.6. The molecule has 7 heteroatoms. The van der Waals surface area contributed by atoms with Gasteiger partial charge in [0.05, 0.1) is 10.6 Å². The van der Waals surface area contributed by atoms with Crippen LogP contribution in [0.2, 0.25) is 10.0 Å². The number of phenolic OH excluding ortho intramolecular Hbond substituents is 1. The van der Waals surface area contributed by atoms with Crippen molar-refractivity contribution in [3.8, 4) is 5.75 Å². The van der Waals surface area contributed by atoms with E-state index in [1.54, 1.807) is 17.3 Å². The molecule has 1 aliphatic rings. The second-order valence-corrected chi connectivity index (χ2v) is 6.19. The van der Waals surface area contributed by atoms with Crippen LogP contribution in [0, 0.1) is 0 Å². The van der Waals surface area contributed by atoms with Crippen molar-refractivity contribution in [3.05, 3.63) is 46.0 Å². The van der Waals surface area contributed by atoms with Crippen LogP contribution in [0.5, 0.6) is 5.75 Å². The summed E-state index contributed by atoms with van der Waals surface area (Å²) in [5.41, 5.74) is 0.103. The van der Waals surface area contributed by atoms with E-state index in [-0.39, 0.29) is 28.2 Å². The Bertz CT molecular complexity index is 665. The van der Waals surface area contributed by atoms with E-state index in [1.165, 1.54) is 12.1 Å². The second-order valence-electron chi connectivity index (χ2n) is 5.35. The molecule has 2 aromatic rings. The smallest absolute Gasteiger partial charge is 0.259 e. The molecule has 0 aliphatic carbocycles. The summed E-state index contributed by atoms with van der Waals surface area (Å²) in [4.78, 5) is 21.7. The van der Waals surface area contributed by atoms with Crippen molar-refractivity contribution in [2.45, 2.75) is 18.8 Å². The highest BCUT2D eigenvalue weighted by molar-refractivity contribution is 6.37. The number of H-pyrrole nitrogens is 1. The Hall–Kier alpha value is -1.72. The number of likely N-dealkylation sites (tertiary alicyclic amines) is 1. The van der Waals surface area contributed by atoms with Crippen LogP contribution in [0.3, 0.4) is 0 Å². The zero-order chi connectivity index (χ0) is 15.7. The lowest BCUT2D eigenvalue weighted by atomic mass is 9.96. The van der Waals surface area contributed by atoms with Crippen molar-refractivity contribution < 1.29 is 9.90 Å². The summed E-state index contributed by atoms with van der Waals surface area (Å²) in [6.07, 6.45) is 5.33. The lowest BCUT2D eigenvalue weighted by Gasteiger charge is -2.32. The monoisotopic (exact) mass is 339 g/mol. The Balaban J connectivity index is 1.83. The third-order valence-corrected chi connectivity index (χ3v) is 4.38. The molecule has 1 atom stereocenters. The summed E-state index contributed by atoms with van der Waals surface area (Å²) in [5.74, 6) is 0.572. The fourth-order valence-corrected chi connectivity index (χ4v) is 3.38. The topological polar surface area (TPSA) is 69.2 Å². The van der Waals surface area contributed by atoms with Crippen LogP contribution >= 0.6 is 23.2 Å². The van der Waals surface area contributed by atoms with Crippen LogP contribution in [-0.2, 0) is 0 Å². The van der Waals surface area contributed by atoms with E-state index in [0.29, 0.717) is 18.1 Å². The van der Waals surface area contributed by atoms with Gasteiger partial charge < -0.3 is 15.0 Å². The molecule has 0 radical (unpaired) electrons. The summed E-state index contributed by atoms with van der Waals surface area (Å²) < 4.78 is 0. The standard InChI is InChI=1S/C15H15Cl2N3O2/c16-10-6-11(17)13(12(21)7-10)15(22)20-5-1-2-9(8-20)14-18-3-4-19-14/h3-4,6-7,9,21H,1-2,5,8H2,(H,18,19)/t9-/m1/s1. The number of aromatic amines is 1. The van der Waals surface area contributed by atoms with Gasteiger partial charge in [-0.2, -0.15) is 0 Å². The van der Waals surface area contributed by atoms with E-state index < -0.39 is 0 Å². The van der Waals surface area contributed by atoms with Crippen molar-refractivity contribution in [2.24, 2.45) is 0 Å². The SMILES string of the molecule is O=C(c1c(O)cc(Cl)cc1Cl)N1CCC[C@@H](c2ncc[nH]2)C1. The predicted molar refractivity (Wildman–Crippen MR) is 84.6 cm³/mol. The minimum absolute atomic E-state index is 0.103. The van der Waals surface area contributed by atoms with Crippen molar-refractivity contribution in [3.63, 3.8) is 0 Å². The number of benzene rings is 1. The molecule has 3 rings (SSSR count). The molecular weight excluding hydrogens is 325 g/mol. The highest BCUT2D eigenvalue weighted by atomic mass is 35.5. The maximum absolute atomic E-state index is 12.7. The third kappa shape index (κ3) is 2.91. The van der Waals surface area contributed by atoms with Gasteiger partial charge in [-0.1, -0.05) is 23.2 Å². The highest BCUT2D eigenvalue weighted by Crippen LogP contribution is 2.33. The summed E-state index contributed by atoms with van der Waals surface area (Å²) in [6.45, 7) is 1.18. The molecular formula is C15H15Cl2N3O2. The van der Waals surface area contributed by atoms with E-state index in [4.69, 9.17) is 23.2 Å². The molecule has 2 N–H and O–H groups in total. The van der Waals surface area contributed by atoms with Gasteiger partial charge in [-0.3, -0.25) is 4.79 Å². The molecule has 22 heavy (non-hydrogen) atoms. The van der Waals surface area contributed by atoms with Gasteiger partial charge in [-0.25, -0.2) is 4.98 Å². The molecule has 1 amide bonds. The minimum atomic E-state index is -0.282. The summed E-state index contributed by atoms with van der Waals surface area (Å²) in [7, 11) is 0. The first-order valence-electron chi connectivity index (χ1n) is 7.03. The van der Waals surface area contributed by atoms with Crippen molar-refractivity contribution in [1.29, 1.82) is 0 Å². The molecule has 0 unspecified atom stereocenters. The number of rotatable bonds is 2. The van der Waals surface area contributed by atoms with E-state index in [1.807, 2.05) is 0 Å². The first-order valence-corrected chi connectivity index (χ1v) is 7.78. The van der Waals surface area contributed by atoms with E-state index in [0.717, 1.165) is 18.7 Å². The van der Waals surface area contributed by atoms with E-state index in [9.17, 15) is 9.90 Å². The Morgan fingerprint density at radius 2 is 2.23 bits per heavy atom. The molecule has 1 fully saturated rings. The predicted octanol–water partition coefficient (Wildman–Crippen LogP) is 3.44. The number of amides is 1. The molecule has 0 saturated carbocycles. The molecule has 5 nitrogen and oxygen atoms in total. The number of piperidine rings is 1. The molecule has 1 aromatic heterocycles. The van der Waals surface area contributed by atoms with Gasteiger partial charge in [-0.05, 0) is 25.0 Å². The highest BCUT2D eigenvalue weighted by Gasteiger charge is 2.29. The number of carbonyl (C=O) groups excluding carboxylic acids is 1. The first kappa shape index (κ1) is 15.2. The fraction of sp³-hybridized carbons (Fsp3) is 0.333. The number of nitrogens with one attached hydrogen (secondary N) is 1. The van der Waals surface area contributed by atoms with Gasteiger partial charge in [0.25, 0.3) is 5.91 Å². The molecule has 0 bridgehead atoms. The van der Waals surface area contributed by atoms with Gasteiger partial charge in [0.15, 0.2) is 0 Å². The normalized spacial score (nSPS) is 18.5. The van der Waals surface area contributed by atoms with Crippen LogP contribution in [0.25, 0.3) is 0 Å². The fourth-order valence-electron chi connectivity index (χ4n) is 2.82. The average Bonchev–Trinajstić information content (AvgIpc) is 3.00. The zero-order valence-electron chi connectivity index (χ0n) is 11.7. The number of hydrogen-bond donors (Lipinski definition) is 2. The number of carbonyl (C=O) groups is 1. The molecule has 1 aromatic carbocycles. The number of aromatic hydroxyl groups is 1. The maximum atomic E-state index is 12.7. The van der Waals surface area contributed by atoms with Crippen LogP contribution in [0.15, 0.2) is 24.5 Å². The quantitative estimate of drug-likeness (QED) is 0.880. The number of aromatic nitrogens is 2. The lowest BCUT2D eigenvalue weighted by Crippen LogP contribution is -2.39. The molecule has 2 heterocycles. The summed E-state index contributed by atoms with van der Waals surface area (Å²) in [5, 5.41) is 10.4. The average molecular weight is 340 g/mol. The van der Waals surface area contributed by atoms with Crippen LogP contribution in [0.1, 0.15) is 34.9 Å². The van der Waals surface area contributed by atoms with Gasteiger partial charge >= 0.3 is 0 Å². The van der Waals surface area contributed by atoms with Gasteiger partial charge in [0.1, 0.15) is 11.6 Å². The number of imidazole rings is 1. The minimum Gasteiger partial charge on any atom is -0.507 e. The van der Waals surface area contributed by atoms with E-state index in [2.05, 4.69) is 9.97 Å². The summed E-state index contributed by atoms with van der Waals surface area (Å²) in [6, 6.07) is 2.79. The zero-order valence-corrected chi connectivity index (χ0v) is 13.2. The van der Waals surface area contributed by atoms with Crippen LogP contribution < -0.4 is 0 Å². The van der Waals surface area contributed by atoms with E-state index >= 15 is 0 Å². The molecule has 1 aliphatic heterocycles. The van der Waals surface area contributed by atoms with Crippen molar-refractivity contribution >= 4 is 29.1 Å². The Morgan fingerprint density at radius 3 is 2.91 bits per heavy atom. The van der Waals surface area contributed by atoms with Gasteiger partial charge in [-0.15, -0.1) is 0 Å².